The van der Waals surface area contributed by atoms with Crippen molar-refractivity contribution in [2.24, 2.45) is 5.73 Å². The van der Waals surface area contributed by atoms with Gasteiger partial charge >= 0.3 is 11.9 Å². The molecular formula is C37H36N2O7. The van der Waals surface area contributed by atoms with Crippen LogP contribution in [0.2, 0.25) is 0 Å². The van der Waals surface area contributed by atoms with Gasteiger partial charge in [-0.15, -0.1) is 0 Å². The first-order chi connectivity index (χ1) is 22.0. The van der Waals surface area contributed by atoms with Gasteiger partial charge in [0.05, 0.1) is 11.1 Å². The van der Waals surface area contributed by atoms with Crippen LogP contribution < -0.4 is 10.5 Å². The topological polar surface area (TPSA) is 125 Å². The third-order valence-electron chi connectivity index (χ3n) is 7.26. The van der Waals surface area contributed by atoms with Gasteiger partial charge in [0.25, 0.3) is 11.8 Å². The van der Waals surface area contributed by atoms with E-state index in [-0.39, 0.29) is 30.6 Å². The van der Waals surface area contributed by atoms with Crippen molar-refractivity contribution in [3.63, 3.8) is 0 Å². The van der Waals surface area contributed by atoms with Crippen LogP contribution in [0.1, 0.15) is 58.2 Å². The summed E-state index contributed by atoms with van der Waals surface area (Å²) in [6.45, 7) is 5.36. The van der Waals surface area contributed by atoms with Crippen molar-refractivity contribution in [3.8, 4) is 11.5 Å². The molecule has 0 radical (unpaired) electrons. The van der Waals surface area contributed by atoms with Crippen LogP contribution in [0.3, 0.4) is 0 Å². The number of rotatable bonds is 11. The Balaban J connectivity index is 1.33. The average Bonchev–Trinajstić information content (AvgIpc) is 3.28. The first kappa shape index (κ1) is 32.1. The summed E-state index contributed by atoms with van der Waals surface area (Å²) in [6, 6.07) is 27.9. The monoisotopic (exact) mass is 620 g/mol. The first-order valence-corrected chi connectivity index (χ1v) is 15.0. The van der Waals surface area contributed by atoms with Gasteiger partial charge in [-0.25, -0.2) is 4.79 Å². The molecule has 0 bridgehead atoms. The summed E-state index contributed by atoms with van der Waals surface area (Å²) >= 11 is 0. The summed E-state index contributed by atoms with van der Waals surface area (Å²) in [4.78, 5) is 53.6. The van der Waals surface area contributed by atoms with Gasteiger partial charge in [0.1, 0.15) is 35.8 Å². The fourth-order valence-electron chi connectivity index (χ4n) is 5.14. The molecule has 0 unspecified atom stereocenters. The SMILES string of the molecule is CC(C)(C)OC(=O)[C@@H](N)Cc1cccc(Oc2cccc(C[C@@H](C(=O)OCc3ccccc3)N3C(=O)c4ccccc4C3=O)c2)c1. The Morgan fingerprint density at radius 3 is 1.78 bits per heavy atom. The fourth-order valence-corrected chi connectivity index (χ4v) is 5.14. The molecule has 9 heteroatoms. The van der Waals surface area contributed by atoms with Gasteiger partial charge < -0.3 is 19.9 Å². The summed E-state index contributed by atoms with van der Waals surface area (Å²) in [5, 5.41) is 0. The van der Waals surface area contributed by atoms with Crippen LogP contribution >= 0.6 is 0 Å². The van der Waals surface area contributed by atoms with Crippen LogP contribution in [0.5, 0.6) is 11.5 Å². The Labute approximate surface area is 267 Å². The lowest BCUT2D eigenvalue weighted by molar-refractivity contribution is -0.156. The number of hydrogen-bond donors (Lipinski definition) is 1. The Kier molecular flexibility index (Phi) is 9.63. The molecule has 0 fully saturated rings. The maximum atomic E-state index is 13.5. The number of nitrogens with two attached hydrogens (primary N) is 1. The number of hydrogen-bond acceptors (Lipinski definition) is 8. The highest BCUT2D eigenvalue weighted by molar-refractivity contribution is 6.22. The van der Waals surface area contributed by atoms with Gasteiger partial charge in [-0.3, -0.25) is 19.3 Å². The molecule has 5 rings (SSSR count). The number of ether oxygens (including phenoxy) is 3. The number of carbonyl (C=O) groups excluding carboxylic acids is 4. The van der Waals surface area contributed by atoms with Crippen LogP contribution in [-0.2, 0) is 38.5 Å². The molecule has 1 aliphatic heterocycles. The second kappa shape index (κ2) is 13.8. The fraction of sp³-hybridized carbons (Fsp3) is 0.243. The van der Waals surface area contributed by atoms with Crippen LogP contribution in [0, 0.1) is 0 Å². The van der Waals surface area contributed by atoms with Crippen molar-refractivity contribution in [3.05, 3.63) is 131 Å². The summed E-state index contributed by atoms with van der Waals surface area (Å²) < 4.78 is 17.1. The number of carbonyl (C=O) groups is 4. The molecule has 0 aromatic heterocycles. The van der Waals surface area contributed by atoms with Gasteiger partial charge in [0.15, 0.2) is 0 Å². The maximum absolute atomic E-state index is 13.5. The molecule has 4 aromatic rings. The maximum Gasteiger partial charge on any atom is 0.330 e. The Bertz CT molecular complexity index is 1710. The molecular weight excluding hydrogens is 584 g/mol. The van der Waals surface area contributed by atoms with E-state index in [2.05, 4.69) is 0 Å². The van der Waals surface area contributed by atoms with Crippen molar-refractivity contribution < 1.29 is 33.4 Å². The van der Waals surface area contributed by atoms with E-state index in [1.54, 1.807) is 87.5 Å². The van der Waals surface area contributed by atoms with E-state index in [0.717, 1.165) is 16.0 Å². The van der Waals surface area contributed by atoms with E-state index in [9.17, 15) is 19.2 Å². The number of esters is 2. The average molecular weight is 621 g/mol. The summed E-state index contributed by atoms with van der Waals surface area (Å²) in [5.74, 6) is -1.28. The summed E-state index contributed by atoms with van der Waals surface area (Å²) in [7, 11) is 0. The zero-order valence-corrected chi connectivity index (χ0v) is 26.0. The molecule has 0 saturated carbocycles. The molecule has 9 nitrogen and oxygen atoms in total. The van der Waals surface area contributed by atoms with Crippen molar-refractivity contribution in [1.29, 1.82) is 0 Å². The molecule has 1 heterocycles. The summed E-state index contributed by atoms with van der Waals surface area (Å²) in [5.41, 5.74) is 8.18. The zero-order valence-electron chi connectivity index (χ0n) is 26.0. The van der Waals surface area contributed by atoms with Crippen LogP contribution in [0.4, 0.5) is 0 Å². The van der Waals surface area contributed by atoms with Gasteiger partial charge in [-0.05, 0) is 80.3 Å². The highest BCUT2D eigenvalue weighted by atomic mass is 16.6. The minimum Gasteiger partial charge on any atom is -0.459 e. The van der Waals surface area contributed by atoms with E-state index in [0.29, 0.717) is 17.1 Å². The molecule has 2 atom stereocenters. The molecule has 2 N–H and O–H groups in total. The minimum atomic E-state index is -1.20. The van der Waals surface area contributed by atoms with Gasteiger partial charge in [-0.1, -0.05) is 66.7 Å². The van der Waals surface area contributed by atoms with E-state index >= 15 is 0 Å². The largest absolute Gasteiger partial charge is 0.459 e. The predicted molar refractivity (Wildman–Crippen MR) is 171 cm³/mol. The van der Waals surface area contributed by atoms with E-state index < -0.39 is 41.4 Å². The van der Waals surface area contributed by atoms with Crippen molar-refractivity contribution >= 4 is 23.8 Å². The quantitative estimate of drug-likeness (QED) is 0.169. The van der Waals surface area contributed by atoms with Crippen molar-refractivity contribution in [1.82, 2.24) is 4.90 Å². The molecule has 0 spiro atoms. The molecule has 2 amide bonds. The zero-order chi connectivity index (χ0) is 32.8. The van der Waals surface area contributed by atoms with Gasteiger partial charge in [0.2, 0.25) is 0 Å². The van der Waals surface area contributed by atoms with Crippen LogP contribution in [0.25, 0.3) is 0 Å². The molecule has 0 saturated heterocycles. The second-order valence-corrected chi connectivity index (χ2v) is 12.1. The number of fused-ring (bicyclic) bond motifs is 1. The summed E-state index contributed by atoms with van der Waals surface area (Å²) in [6.07, 6.45) is 0.278. The smallest absolute Gasteiger partial charge is 0.330 e. The molecule has 236 valence electrons. The second-order valence-electron chi connectivity index (χ2n) is 12.1. The van der Waals surface area contributed by atoms with Crippen molar-refractivity contribution in [2.75, 3.05) is 0 Å². The highest BCUT2D eigenvalue weighted by Gasteiger charge is 2.43. The Morgan fingerprint density at radius 2 is 1.22 bits per heavy atom. The standard InChI is InChI=1S/C37H36N2O7/c1-37(2,3)46-35(42)31(38)21-25-13-9-15-27(19-25)45-28-16-10-14-26(20-28)22-32(36(43)44-23-24-11-5-4-6-12-24)39-33(40)29-17-7-8-18-30(29)34(39)41/h4-20,31-32H,21-23,38H2,1-3H3/t31-,32-/m0/s1. The third-order valence-corrected chi connectivity index (χ3v) is 7.26. The van der Waals surface area contributed by atoms with Crippen LogP contribution in [-0.4, -0.2) is 46.3 Å². The molecule has 1 aliphatic rings. The van der Waals surface area contributed by atoms with Crippen LogP contribution in [0.15, 0.2) is 103 Å². The molecule has 4 aromatic carbocycles. The minimum absolute atomic E-state index is 0.00355. The number of benzene rings is 4. The lowest BCUT2D eigenvalue weighted by atomic mass is 10.0. The Hall–Kier alpha value is -5.28. The van der Waals surface area contributed by atoms with E-state index in [1.165, 1.54) is 0 Å². The number of amides is 2. The molecule has 0 aliphatic carbocycles. The number of imide groups is 1. The highest BCUT2D eigenvalue weighted by Crippen LogP contribution is 2.29. The lowest BCUT2D eigenvalue weighted by Crippen LogP contribution is -2.47. The van der Waals surface area contributed by atoms with E-state index in [1.807, 2.05) is 36.4 Å². The molecule has 46 heavy (non-hydrogen) atoms. The third kappa shape index (κ3) is 7.86. The Morgan fingerprint density at radius 1 is 0.696 bits per heavy atom. The van der Waals surface area contributed by atoms with Gasteiger partial charge in [0, 0.05) is 6.42 Å². The number of nitrogens with zero attached hydrogens (tertiary/aromatic N) is 1. The first-order valence-electron chi connectivity index (χ1n) is 15.0. The van der Waals surface area contributed by atoms with Gasteiger partial charge in [-0.2, -0.15) is 0 Å². The lowest BCUT2D eigenvalue weighted by Gasteiger charge is -2.25. The predicted octanol–water partition coefficient (Wildman–Crippen LogP) is 5.64. The normalized spacial score (nSPS) is 14.0. The van der Waals surface area contributed by atoms with Crippen molar-refractivity contribution in [2.45, 2.75) is 57.9 Å². The van der Waals surface area contributed by atoms with E-state index in [4.69, 9.17) is 19.9 Å².